The third-order valence-corrected chi connectivity index (χ3v) is 6.43. The van der Waals surface area contributed by atoms with E-state index in [9.17, 15) is 22.4 Å². The number of hydrogen-bond acceptors (Lipinski definition) is 2. The number of carboxylic acids is 1. The summed E-state index contributed by atoms with van der Waals surface area (Å²) in [6.07, 6.45) is 4.24. The monoisotopic (exact) mass is 442 g/mol. The van der Waals surface area contributed by atoms with E-state index in [1.54, 1.807) is 6.07 Å². The molecule has 0 bridgehead atoms. The molecule has 0 spiro atoms. The lowest BCUT2D eigenvalue weighted by Gasteiger charge is -2.20. The summed E-state index contributed by atoms with van der Waals surface area (Å²) >= 11 is 0. The highest BCUT2D eigenvalue weighted by Crippen LogP contribution is 2.42. The van der Waals surface area contributed by atoms with Crippen LogP contribution in [0.2, 0.25) is 0 Å². The van der Waals surface area contributed by atoms with Crippen LogP contribution in [-0.4, -0.2) is 23.6 Å². The van der Waals surface area contributed by atoms with Crippen molar-refractivity contribution in [1.29, 1.82) is 0 Å². The fourth-order valence-electron chi connectivity index (χ4n) is 4.73. The van der Waals surface area contributed by atoms with E-state index in [2.05, 4.69) is 0 Å². The van der Waals surface area contributed by atoms with Crippen LogP contribution in [-0.2, 0) is 17.1 Å². The number of alkyl halides is 4. The molecule has 0 radical (unpaired) electrons. The van der Waals surface area contributed by atoms with E-state index in [-0.39, 0.29) is 55.6 Å². The van der Waals surface area contributed by atoms with Gasteiger partial charge in [0.25, 0.3) is 5.92 Å². The second-order valence-corrected chi connectivity index (χ2v) is 8.86. The highest BCUT2D eigenvalue weighted by molar-refractivity contribution is 5.67. The molecule has 0 unspecified atom stereocenters. The van der Waals surface area contributed by atoms with Crippen molar-refractivity contribution < 1.29 is 32.2 Å². The van der Waals surface area contributed by atoms with Gasteiger partial charge in [0.15, 0.2) is 0 Å². The van der Waals surface area contributed by atoms with Gasteiger partial charge in [0.05, 0.1) is 0 Å². The van der Waals surface area contributed by atoms with Gasteiger partial charge in [0.1, 0.15) is 12.4 Å². The Hall–Kier alpha value is -2.05. The van der Waals surface area contributed by atoms with Gasteiger partial charge in [0.2, 0.25) is 5.92 Å². The second kappa shape index (κ2) is 9.61. The van der Waals surface area contributed by atoms with Crippen molar-refractivity contribution in [3.05, 3.63) is 40.5 Å². The summed E-state index contributed by atoms with van der Waals surface area (Å²) in [5, 5.41) is 8.86. The molecule has 172 valence electrons. The quantitative estimate of drug-likeness (QED) is 0.352. The van der Waals surface area contributed by atoms with Gasteiger partial charge < -0.3 is 9.84 Å². The highest BCUT2D eigenvalue weighted by Gasteiger charge is 2.35. The first-order chi connectivity index (χ1) is 14.5. The topological polar surface area (TPSA) is 46.5 Å². The van der Waals surface area contributed by atoms with E-state index < -0.39 is 17.8 Å². The first kappa shape index (κ1) is 23.6. The molecule has 0 atom stereocenters. The Bertz CT molecular complexity index is 821. The van der Waals surface area contributed by atoms with Crippen molar-refractivity contribution in [2.24, 2.45) is 5.92 Å². The fourth-order valence-corrected chi connectivity index (χ4v) is 4.73. The van der Waals surface area contributed by atoms with Crippen LogP contribution >= 0.6 is 0 Å². The van der Waals surface area contributed by atoms with E-state index in [1.165, 1.54) is 12.1 Å². The lowest BCUT2D eigenvalue weighted by molar-refractivity contribution is -0.137. The van der Waals surface area contributed by atoms with Crippen LogP contribution in [0.4, 0.5) is 17.6 Å². The Morgan fingerprint density at radius 1 is 1.19 bits per heavy atom. The Labute approximate surface area is 180 Å². The van der Waals surface area contributed by atoms with E-state index in [1.807, 2.05) is 0 Å². The number of carbonyl (C=O) groups is 1. The maximum atomic E-state index is 14.1. The number of aliphatic carboxylic acids is 1. The molecular weight excluding hydrogens is 412 g/mol. The van der Waals surface area contributed by atoms with Crippen molar-refractivity contribution in [1.82, 2.24) is 0 Å². The molecule has 3 nitrogen and oxygen atoms in total. The highest BCUT2D eigenvalue weighted by atomic mass is 19.3. The average Bonchev–Trinajstić information content (AvgIpc) is 3.16. The number of carboxylic acid groups (broad SMARTS) is 1. The van der Waals surface area contributed by atoms with Crippen LogP contribution in [0.15, 0.2) is 29.3 Å². The Morgan fingerprint density at radius 3 is 2.52 bits per heavy atom. The Morgan fingerprint density at radius 2 is 1.87 bits per heavy atom. The zero-order valence-electron chi connectivity index (χ0n) is 17.9. The van der Waals surface area contributed by atoms with E-state index in [0.717, 1.165) is 43.8 Å². The molecule has 7 heteroatoms. The summed E-state index contributed by atoms with van der Waals surface area (Å²) in [6.45, 7) is 0.885. The van der Waals surface area contributed by atoms with E-state index in [4.69, 9.17) is 9.84 Å². The molecule has 1 saturated carbocycles. The number of rotatable bonds is 8. The summed E-state index contributed by atoms with van der Waals surface area (Å²) in [5.41, 5.74) is 1.96. The van der Waals surface area contributed by atoms with Gasteiger partial charge in [-0.05, 0) is 61.3 Å². The van der Waals surface area contributed by atoms with Crippen LogP contribution in [0.1, 0.15) is 75.8 Å². The van der Waals surface area contributed by atoms with Crippen molar-refractivity contribution >= 4 is 5.97 Å². The fraction of sp³-hybridized carbons (Fsp3) is 0.625. The number of allylic oxidation sites excluding steroid dienone is 1. The predicted molar refractivity (Wildman–Crippen MR) is 110 cm³/mol. The summed E-state index contributed by atoms with van der Waals surface area (Å²) in [6, 6.07) is 4.27. The third kappa shape index (κ3) is 6.47. The minimum atomic E-state index is -3.15. The maximum Gasteiger partial charge on any atom is 0.303 e. The zero-order valence-corrected chi connectivity index (χ0v) is 17.9. The molecule has 2 aliphatic rings. The molecule has 1 aromatic rings. The molecule has 0 saturated heterocycles. The lowest BCUT2D eigenvalue weighted by Crippen LogP contribution is -2.14. The normalized spacial score (nSPS) is 20.0. The summed E-state index contributed by atoms with van der Waals surface area (Å²) in [7, 11) is 0. The van der Waals surface area contributed by atoms with Crippen molar-refractivity contribution in [3.8, 4) is 5.75 Å². The van der Waals surface area contributed by atoms with Gasteiger partial charge in [-0.1, -0.05) is 24.5 Å². The molecule has 0 amide bonds. The zero-order chi connectivity index (χ0) is 22.6. The predicted octanol–water partition coefficient (Wildman–Crippen LogP) is 6.89. The number of ether oxygens (including phenoxy) is 1. The van der Waals surface area contributed by atoms with Crippen LogP contribution in [0.3, 0.4) is 0 Å². The number of benzene rings is 1. The van der Waals surface area contributed by atoms with Crippen LogP contribution < -0.4 is 4.74 Å². The van der Waals surface area contributed by atoms with Crippen molar-refractivity contribution in [2.45, 2.75) is 83.0 Å². The minimum Gasteiger partial charge on any atom is -0.489 e. The molecule has 0 aliphatic heterocycles. The summed E-state index contributed by atoms with van der Waals surface area (Å²) in [4.78, 5) is 10.8. The third-order valence-electron chi connectivity index (χ3n) is 6.43. The van der Waals surface area contributed by atoms with Gasteiger partial charge in [-0.2, -0.15) is 0 Å². The molecule has 2 aliphatic carbocycles. The van der Waals surface area contributed by atoms with Gasteiger partial charge in [-0.25, -0.2) is 17.6 Å². The summed E-state index contributed by atoms with van der Waals surface area (Å²) < 4.78 is 62.1. The van der Waals surface area contributed by atoms with Crippen molar-refractivity contribution in [3.63, 3.8) is 0 Å². The molecule has 1 fully saturated rings. The minimum absolute atomic E-state index is 0.000437. The van der Waals surface area contributed by atoms with Gasteiger partial charge in [0, 0.05) is 31.7 Å². The van der Waals surface area contributed by atoms with Crippen LogP contribution in [0.25, 0.3) is 0 Å². The first-order valence-electron chi connectivity index (χ1n) is 11.0. The van der Waals surface area contributed by atoms with Gasteiger partial charge in [-0.15, -0.1) is 0 Å². The smallest absolute Gasteiger partial charge is 0.303 e. The first-order valence-corrected chi connectivity index (χ1v) is 11.0. The number of hydrogen-bond donors (Lipinski definition) is 1. The standard InChI is InChI=1S/C24H30F4O3/c1-23(25,26)21-14-19(8-6-17(21)7-9-22(29)30)31-15-18-10-12-24(27,28)13-11-20(18)16-4-2-3-5-16/h6,8,14,16H,2-5,7,9-13,15H2,1H3,(H,29,30). The largest absolute Gasteiger partial charge is 0.489 e. The molecule has 1 aromatic carbocycles. The molecule has 3 rings (SSSR count). The molecule has 0 aromatic heterocycles. The van der Waals surface area contributed by atoms with E-state index >= 15 is 0 Å². The van der Waals surface area contributed by atoms with E-state index in [0.29, 0.717) is 12.3 Å². The van der Waals surface area contributed by atoms with Crippen LogP contribution in [0, 0.1) is 5.92 Å². The van der Waals surface area contributed by atoms with Crippen LogP contribution in [0.5, 0.6) is 5.75 Å². The Kier molecular flexibility index (Phi) is 7.32. The maximum absolute atomic E-state index is 14.1. The molecule has 0 heterocycles. The molecule has 31 heavy (non-hydrogen) atoms. The van der Waals surface area contributed by atoms with Gasteiger partial charge in [-0.3, -0.25) is 4.79 Å². The van der Waals surface area contributed by atoms with Crippen molar-refractivity contribution in [2.75, 3.05) is 6.61 Å². The average molecular weight is 442 g/mol. The molecular formula is C24H30F4O3. The number of aryl methyl sites for hydroxylation is 1. The second-order valence-electron chi connectivity index (χ2n) is 8.86. The summed E-state index contributed by atoms with van der Waals surface area (Å²) in [5.74, 6) is -6.32. The van der Waals surface area contributed by atoms with Gasteiger partial charge >= 0.3 is 5.97 Å². The Balaban J connectivity index is 1.79. The SMILES string of the molecule is CC(F)(F)c1cc(OCC2=C(C3CCCC3)CCC(F)(F)CC2)ccc1CCC(=O)O. The number of halogens is 4. The lowest BCUT2D eigenvalue weighted by atomic mass is 9.89. The molecule has 1 N–H and O–H groups in total.